The number of nitrogens with two attached hydrogens (primary N) is 1. The molecule has 24 heavy (non-hydrogen) atoms. The number of ether oxygens (including phenoxy) is 1. The fraction of sp³-hybridized carbons (Fsp3) is 0.632. The molecule has 0 atom stereocenters. The smallest absolute Gasteiger partial charge is 0.233 e. The van der Waals surface area contributed by atoms with E-state index in [1.165, 1.54) is 5.56 Å². The number of piperidine rings is 1. The van der Waals surface area contributed by atoms with E-state index in [2.05, 4.69) is 33.0 Å². The van der Waals surface area contributed by atoms with Crippen LogP contribution in [0, 0.1) is 0 Å². The van der Waals surface area contributed by atoms with Crippen molar-refractivity contribution in [1.29, 1.82) is 0 Å². The van der Waals surface area contributed by atoms with E-state index in [0.717, 1.165) is 62.7 Å². The molecule has 1 saturated heterocycles. The van der Waals surface area contributed by atoms with Crippen LogP contribution in [0.1, 0.15) is 44.1 Å². The number of carbonyl (C=O) groups is 1. The molecule has 132 valence electrons. The van der Waals surface area contributed by atoms with Gasteiger partial charge in [-0.05, 0) is 56.3 Å². The molecular weight excluding hydrogens is 368 g/mol. The number of amides is 1. The number of halogens is 1. The molecule has 1 aromatic carbocycles. The molecule has 0 spiro atoms. The van der Waals surface area contributed by atoms with Crippen LogP contribution in [0.2, 0.25) is 0 Å². The average molecular weight is 395 g/mol. The molecule has 1 saturated carbocycles. The molecule has 0 bridgehead atoms. The van der Waals surface area contributed by atoms with Gasteiger partial charge in [0, 0.05) is 24.2 Å². The first-order valence-corrected chi connectivity index (χ1v) is 9.82. The maximum atomic E-state index is 13.2. The zero-order valence-electron chi connectivity index (χ0n) is 14.2. The summed E-state index contributed by atoms with van der Waals surface area (Å²) in [5, 5.41) is 0. The topological polar surface area (TPSA) is 55.6 Å². The van der Waals surface area contributed by atoms with E-state index in [1.54, 1.807) is 0 Å². The quantitative estimate of drug-likeness (QED) is 0.753. The van der Waals surface area contributed by atoms with E-state index in [-0.39, 0.29) is 11.5 Å². The van der Waals surface area contributed by atoms with Crippen LogP contribution in [-0.2, 0) is 14.9 Å². The average Bonchev–Trinajstić information content (AvgIpc) is 2.56. The lowest BCUT2D eigenvalue weighted by Crippen LogP contribution is -2.53. The lowest BCUT2D eigenvalue weighted by molar-refractivity contribution is -0.143. The second-order valence-electron chi connectivity index (χ2n) is 6.95. The highest BCUT2D eigenvalue weighted by Gasteiger charge is 2.48. The van der Waals surface area contributed by atoms with Crippen LogP contribution in [0.3, 0.4) is 0 Å². The van der Waals surface area contributed by atoms with Crippen molar-refractivity contribution in [1.82, 2.24) is 4.90 Å². The molecule has 1 aliphatic heterocycles. The standard InChI is InChI=1S/C19H27BrN2O2/c20-16-5-3-15(4-6-16)19(9-1-10-19)18(23)22-12-7-17(8-13-22)24-14-2-11-21/h3-6,17H,1-2,7-14,21H2. The Morgan fingerprint density at radius 2 is 1.92 bits per heavy atom. The molecule has 1 aliphatic carbocycles. The first-order chi connectivity index (χ1) is 11.7. The predicted octanol–water partition coefficient (Wildman–Crippen LogP) is 3.23. The molecule has 1 amide bonds. The Labute approximate surface area is 152 Å². The van der Waals surface area contributed by atoms with Crippen molar-refractivity contribution in [3.05, 3.63) is 34.3 Å². The SMILES string of the molecule is NCCCOC1CCN(C(=O)C2(c3ccc(Br)cc3)CCC2)CC1. The van der Waals surface area contributed by atoms with E-state index in [9.17, 15) is 4.79 Å². The Bertz CT molecular complexity index is 549. The highest BCUT2D eigenvalue weighted by atomic mass is 79.9. The minimum absolute atomic E-state index is 0.283. The highest BCUT2D eigenvalue weighted by Crippen LogP contribution is 2.45. The minimum atomic E-state index is -0.284. The van der Waals surface area contributed by atoms with E-state index < -0.39 is 0 Å². The monoisotopic (exact) mass is 394 g/mol. The van der Waals surface area contributed by atoms with Crippen molar-refractivity contribution in [2.24, 2.45) is 5.73 Å². The summed E-state index contributed by atoms with van der Waals surface area (Å²) in [5.74, 6) is 0.316. The van der Waals surface area contributed by atoms with Crippen molar-refractivity contribution >= 4 is 21.8 Å². The summed E-state index contributed by atoms with van der Waals surface area (Å²) in [7, 11) is 0. The van der Waals surface area contributed by atoms with Gasteiger partial charge in [0.1, 0.15) is 0 Å². The van der Waals surface area contributed by atoms with Crippen molar-refractivity contribution in [3.8, 4) is 0 Å². The fourth-order valence-corrected chi connectivity index (χ4v) is 4.05. The Morgan fingerprint density at radius 1 is 1.25 bits per heavy atom. The molecule has 3 rings (SSSR count). The Kier molecular flexibility index (Phi) is 5.95. The molecule has 2 aliphatic rings. The molecule has 1 heterocycles. The summed E-state index contributed by atoms with van der Waals surface area (Å²) in [4.78, 5) is 15.3. The zero-order chi connectivity index (χ0) is 17.0. The number of benzene rings is 1. The number of likely N-dealkylation sites (tertiary alicyclic amines) is 1. The van der Waals surface area contributed by atoms with Gasteiger partial charge < -0.3 is 15.4 Å². The van der Waals surface area contributed by atoms with Gasteiger partial charge in [-0.3, -0.25) is 4.79 Å². The lowest BCUT2D eigenvalue weighted by atomic mass is 9.63. The number of hydrogen-bond acceptors (Lipinski definition) is 3. The van der Waals surface area contributed by atoms with E-state index >= 15 is 0 Å². The molecule has 2 fully saturated rings. The summed E-state index contributed by atoms with van der Waals surface area (Å²) < 4.78 is 6.91. The fourth-order valence-electron chi connectivity index (χ4n) is 3.79. The first-order valence-electron chi connectivity index (χ1n) is 9.03. The normalized spacial score (nSPS) is 20.7. The third-order valence-electron chi connectivity index (χ3n) is 5.44. The van der Waals surface area contributed by atoms with Crippen LogP contribution in [0.5, 0.6) is 0 Å². The van der Waals surface area contributed by atoms with E-state index in [4.69, 9.17) is 10.5 Å². The summed E-state index contributed by atoms with van der Waals surface area (Å²) in [6, 6.07) is 8.29. The number of hydrogen-bond donors (Lipinski definition) is 1. The molecule has 0 radical (unpaired) electrons. The molecule has 0 unspecified atom stereocenters. The Balaban J connectivity index is 1.60. The van der Waals surface area contributed by atoms with Gasteiger partial charge in [-0.25, -0.2) is 0 Å². The zero-order valence-corrected chi connectivity index (χ0v) is 15.8. The van der Waals surface area contributed by atoms with Crippen LogP contribution < -0.4 is 5.73 Å². The summed E-state index contributed by atoms with van der Waals surface area (Å²) >= 11 is 3.48. The van der Waals surface area contributed by atoms with Gasteiger partial charge in [-0.15, -0.1) is 0 Å². The number of carbonyl (C=O) groups excluding carboxylic acids is 1. The van der Waals surface area contributed by atoms with Gasteiger partial charge in [0.25, 0.3) is 0 Å². The van der Waals surface area contributed by atoms with E-state index in [1.807, 2.05) is 12.1 Å². The van der Waals surface area contributed by atoms with Crippen molar-refractivity contribution in [2.75, 3.05) is 26.2 Å². The van der Waals surface area contributed by atoms with Crippen molar-refractivity contribution in [3.63, 3.8) is 0 Å². The van der Waals surface area contributed by atoms with Gasteiger partial charge in [-0.1, -0.05) is 34.5 Å². The van der Waals surface area contributed by atoms with Crippen LogP contribution in [-0.4, -0.2) is 43.2 Å². The summed E-state index contributed by atoms with van der Waals surface area (Å²) in [5.41, 5.74) is 6.39. The number of rotatable bonds is 6. The predicted molar refractivity (Wildman–Crippen MR) is 98.9 cm³/mol. The van der Waals surface area contributed by atoms with Crippen LogP contribution >= 0.6 is 15.9 Å². The lowest BCUT2D eigenvalue weighted by Gasteiger charge is -2.45. The maximum Gasteiger partial charge on any atom is 0.233 e. The van der Waals surface area contributed by atoms with E-state index in [0.29, 0.717) is 12.5 Å². The highest BCUT2D eigenvalue weighted by molar-refractivity contribution is 9.10. The summed E-state index contributed by atoms with van der Waals surface area (Å²) in [6.07, 6.45) is 6.15. The maximum absolute atomic E-state index is 13.2. The molecule has 2 N–H and O–H groups in total. The Morgan fingerprint density at radius 3 is 2.46 bits per heavy atom. The molecule has 1 aromatic rings. The Hall–Kier alpha value is -0.910. The second-order valence-corrected chi connectivity index (χ2v) is 7.86. The largest absolute Gasteiger partial charge is 0.378 e. The molecular formula is C19H27BrN2O2. The number of nitrogens with zero attached hydrogens (tertiary/aromatic N) is 1. The first kappa shape index (κ1) is 17.9. The van der Waals surface area contributed by atoms with Crippen LogP contribution in [0.4, 0.5) is 0 Å². The van der Waals surface area contributed by atoms with Crippen molar-refractivity contribution < 1.29 is 9.53 Å². The van der Waals surface area contributed by atoms with Crippen LogP contribution in [0.15, 0.2) is 28.7 Å². The van der Waals surface area contributed by atoms with Gasteiger partial charge in [0.05, 0.1) is 11.5 Å². The van der Waals surface area contributed by atoms with Crippen LogP contribution in [0.25, 0.3) is 0 Å². The molecule has 4 nitrogen and oxygen atoms in total. The van der Waals surface area contributed by atoms with Gasteiger partial charge in [0.2, 0.25) is 5.91 Å². The third kappa shape index (κ3) is 3.68. The van der Waals surface area contributed by atoms with Gasteiger partial charge >= 0.3 is 0 Å². The molecule has 0 aromatic heterocycles. The van der Waals surface area contributed by atoms with Gasteiger partial charge in [0.15, 0.2) is 0 Å². The van der Waals surface area contributed by atoms with Gasteiger partial charge in [-0.2, -0.15) is 0 Å². The summed E-state index contributed by atoms with van der Waals surface area (Å²) in [6.45, 7) is 3.03. The van der Waals surface area contributed by atoms with Crippen molar-refractivity contribution in [2.45, 2.75) is 50.0 Å². The minimum Gasteiger partial charge on any atom is -0.378 e. The second kappa shape index (κ2) is 7.98. The molecule has 5 heteroatoms. The third-order valence-corrected chi connectivity index (χ3v) is 5.97.